The Morgan fingerprint density at radius 2 is 1.86 bits per heavy atom. The van der Waals surface area contributed by atoms with Crippen LogP contribution >= 0.6 is 11.6 Å². The molecule has 0 spiro atoms. The first-order valence-electron chi connectivity index (χ1n) is 7.20. The van der Waals surface area contributed by atoms with Crippen LogP contribution in [-0.2, 0) is 6.42 Å². The summed E-state index contributed by atoms with van der Waals surface area (Å²) in [6.45, 7) is 2.49. The summed E-state index contributed by atoms with van der Waals surface area (Å²) in [5.74, 6) is 1.26. The molecule has 1 heterocycles. The van der Waals surface area contributed by atoms with Crippen molar-refractivity contribution in [3.05, 3.63) is 41.0 Å². The number of benzene rings is 1. The van der Waals surface area contributed by atoms with E-state index < -0.39 is 0 Å². The van der Waals surface area contributed by atoms with Gasteiger partial charge < -0.3 is 15.5 Å². The molecular weight excluding hydrogens is 300 g/mol. The maximum Gasteiger partial charge on any atom is 0.244 e. The van der Waals surface area contributed by atoms with Gasteiger partial charge >= 0.3 is 0 Å². The molecule has 2 N–H and O–H groups in total. The zero-order valence-corrected chi connectivity index (χ0v) is 13.6. The molecule has 2 aromatic rings. The smallest absolute Gasteiger partial charge is 0.244 e. The molecule has 0 atom stereocenters. The average molecular weight is 321 g/mol. The van der Waals surface area contributed by atoms with Gasteiger partial charge in [0.05, 0.1) is 6.20 Å². The summed E-state index contributed by atoms with van der Waals surface area (Å²) < 4.78 is 0. The third kappa shape index (κ3) is 5.83. The standard InChI is InChI=1S/C15H21ClN6/c1-22(2)10-9-17-14-11-19-21-15(20-14)18-8-7-12-3-5-13(16)6-4-12/h3-6,11H,7-10H2,1-2H3,(H2,17,18,20,21). The van der Waals surface area contributed by atoms with E-state index in [9.17, 15) is 0 Å². The molecule has 0 bridgehead atoms. The van der Waals surface area contributed by atoms with Crippen LogP contribution in [0.1, 0.15) is 5.56 Å². The van der Waals surface area contributed by atoms with Crippen LogP contribution in [0.2, 0.25) is 5.02 Å². The van der Waals surface area contributed by atoms with Crippen molar-refractivity contribution < 1.29 is 0 Å². The summed E-state index contributed by atoms with van der Waals surface area (Å²) >= 11 is 5.87. The molecule has 7 heteroatoms. The third-order valence-electron chi connectivity index (χ3n) is 3.03. The highest BCUT2D eigenvalue weighted by molar-refractivity contribution is 6.30. The second-order valence-electron chi connectivity index (χ2n) is 5.20. The minimum absolute atomic E-state index is 0.531. The van der Waals surface area contributed by atoms with Gasteiger partial charge in [0, 0.05) is 24.7 Å². The second kappa shape index (κ2) is 8.51. The molecule has 6 nitrogen and oxygen atoms in total. The Balaban J connectivity index is 1.78. The van der Waals surface area contributed by atoms with Crippen molar-refractivity contribution in [2.24, 2.45) is 0 Å². The van der Waals surface area contributed by atoms with E-state index in [0.717, 1.165) is 36.9 Å². The topological polar surface area (TPSA) is 66.0 Å². The molecule has 0 radical (unpaired) electrons. The van der Waals surface area contributed by atoms with E-state index in [0.29, 0.717) is 5.95 Å². The van der Waals surface area contributed by atoms with Crippen molar-refractivity contribution in [3.8, 4) is 0 Å². The maximum absolute atomic E-state index is 5.87. The maximum atomic E-state index is 5.87. The second-order valence-corrected chi connectivity index (χ2v) is 5.63. The van der Waals surface area contributed by atoms with Crippen molar-refractivity contribution in [2.75, 3.05) is 44.4 Å². The molecule has 1 aromatic heterocycles. The molecule has 0 unspecified atom stereocenters. The average Bonchev–Trinajstić information content (AvgIpc) is 2.49. The molecular formula is C15H21ClN6. The first kappa shape index (κ1) is 16.5. The molecule has 0 aliphatic heterocycles. The number of rotatable bonds is 8. The van der Waals surface area contributed by atoms with Crippen LogP contribution in [-0.4, -0.2) is 53.8 Å². The van der Waals surface area contributed by atoms with Gasteiger partial charge in [0.15, 0.2) is 5.82 Å². The first-order valence-corrected chi connectivity index (χ1v) is 7.58. The van der Waals surface area contributed by atoms with Crippen LogP contribution in [0.4, 0.5) is 11.8 Å². The molecule has 22 heavy (non-hydrogen) atoms. The van der Waals surface area contributed by atoms with Crippen molar-refractivity contribution in [3.63, 3.8) is 0 Å². The van der Waals surface area contributed by atoms with Crippen molar-refractivity contribution in [1.29, 1.82) is 0 Å². The molecule has 0 saturated carbocycles. The van der Waals surface area contributed by atoms with Gasteiger partial charge in [-0.2, -0.15) is 10.1 Å². The minimum Gasteiger partial charge on any atom is -0.367 e. The number of nitrogens with zero attached hydrogens (tertiary/aromatic N) is 4. The van der Waals surface area contributed by atoms with Crippen LogP contribution in [0.25, 0.3) is 0 Å². The largest absolute Gasteiger partial charge is 0.367 e. The minimum atomic E-state index is 0.531. The van der Waals surface area contributed by atoms with E-state index in [-0.39, 0.29) is 0 Å². The first-order chi connectivity index (χ1) is 10.6. The number of hydrogen-bond acceptors (Lipinski definition) is 6. The summed E-state index contributed by atoms with van der Waals surface area (Å²) in [7, 11) is 4.06. The molecule has 0 saturated heterocycles. The summed E-state index contributed by atoms with van der Waals surface area (Å²) in [5, 5.41) is 15.1. The lowest BCUT2D eigenvalue weighted by Crippen LogP contribution is -2.21. The van der Waals surface area contributed by atoms with Gasteiger partial charge in [0.25, 0.3) is 0 Å². The monoisotopic (exact) mass is 320 g/mol. The lowest BCUT2D eigenvalue weighted by molar-refractivity contribution is 0.425. The molecule has 0 aliphatic carbocycles. The highest BCUT2D eigenvalue weighted by atomic mass is 35.5. The molecule has 118 valence electrons. The molecule has 2 rings (SSSR count). The Labute approximate surface area is 135 Å². The Hall–Kier alpha value is -1.92. The van der Waals surface area contributed by atoms with E-state index >= 15 is 0 Å². The van der Waals surface area contributed by atoms with Crippen molar-refractivity contribution >= 4 is 23.4 Å². The van der Waals surface area contributed by atoms with E-state index in [1.165, 1.54) is 5.56 Å². The van der Waals surface area contributed by atoms with Gasteiger partial charge in [-0.3, -0.25) is 0 Å². The zero-order valence-electron chi connectivity index (χ0n) is 12.9. The number of halogens is 1. The van der Waals surface area contributed by atoms with E-state index in [1.807, 2.05) is 38.4 Å². The molecule has 1 aromatic carbocycles. The highest BCUT2D eigenvalue weighted by Crippen LogP contribution is 2.10. The van der Waals surface area contributed by atoms with E-state index in [4.69, 9.17) is 11.6 Å². The predicted molar refractivity (Wildman–Crippen MR) is 90.5 cm³/mol. The van der Waals surface area contributed by atoms with Crippen LogP contribution in [0.15, 0.2) is 30.5 Å². The number of hydrogen-bond donors (Lipinski definition) is 2. The number of likely N-dealkylation sites (N-methyl/N-ethyl adjacent to an activating group) is 1. The highest BCUT2D eigenvalue weighted by Gasteiger charge is 2.00. The van der Waals surface area contributed by atoms with Gasteiger partial charge in [-0.1, -0.05) is 23.7 Å². The Bertz CT molecular complexity index is 573. The predicted octanol–water partition coefficient (Wildman–Crippen LogP) is 2.15. The van der Waals surface area contributed by atoms with Gasteiger partial charge in [-0.05, 0) is 38.2 Å². The van der Waals surface area contributed by atoms with Gasteiger partial charge in [-0.25, -0.2) is 0 Å². The number of nitrogens with one attached hydrogen (secondary N) is 2. The summed E-state index contributed by atoms with van der Waals surface area (Å²) in [4.78, 5) is 6.48. The van der Waals surface area contributed by atoms with E-state index in [1.54, 1.807) is 6.20 Å². The van der Waals surface area contributed by atoms with Gasteiger partial charge in [-0.15, -0.1) is 5.10 Å². The fourth-order valence-electron chi connectivity index (χ4n) is 1.84. The SMILES string of the molecule is CN(C)CCNc1cnnc(NCCc2ccc(Cl)cc2)n1. The molecule has 0 aliphatic rings. The van der Waals surface area contributed by atoms with E-state index in [2.05, 4.69) is 30.7 Å². The van der Waals surface area contributed by atoms with Crippen molar-refractivity contribution in [2.45, 2.75) is 6.42 Å². The Kier molecular flexibility index (Phi) is 6.36. The molecule has 0 fully saturated rings. The molecule has 0 amide bonds. The third-order valence-corrected chi connectivity index (χ3v) is 3.29. The normalized spacial score (nSPS) is 10.7. The van der Waals surface area contributed by atoms with Crippen molar-refractivity contribution in [1.82, 2.24) is 20.1 Å². The van der Waals surface area contributed by atoms with Crippen LogP contribution in [0, 0.1) is 0 Å². The quantitative estimate of drug-likeness (QED) is 0.777. The summed E-state index contributed by atoms with van der Waals surface area (Å²) in [6.07, 6.45) is 2.50. The Morgan fingerprint density at radius 3 is 2.59 bits per heavy atom. The van der Waals surface area contributed by atoms with Crippen LogP contribution in [0.3, 0.4) is 0 Å². The lowest BCUT2D eigenvalue weighted by Gasteiger charge is -2.11. The van der Waals surface area contributed by atoms with Gasteiger partial charge in [0.1, 0.15) is 0 Å². The number of anilines is 2. The van der Waals surface area contributed by atoms with Gasteiger partial charge in [0.2, 0.25) is 5.95 Å². The van der Waals surface area contributed by atoms with Crippen LogP contribution in [0.5, 0.6) is 0 Å². The van der Waals surface area contributed by atoms with Crippen LogP contribution < -0.4 is 10.6 Å². The zero-order chi connectivity index (χ0) is 15.8. The summed E-state index contributed by atoms with van der Waals surface area (Å²) in [6, 6.07) is 7.82. The Morgan fingerprint density at radius 1 is 1.09 bits per heavy atom. The fraction of sp³-hybridized carbons (Fsp3) is 0.400. The lowest BCUT2D eigenvalue weighted by atomic mass is 10.1. The number of aromatic nitrogens is 3. The fourth-order valence-corrected chi connectivity index (χ4v) is 1.97. The summed E-state index contributed by atoms with van der Waals surface area (Å²) in [5.41, 5.74) is 1.21.